The minimum absolute atomic E-state index is 0.111. The van der Waals surface area contributed by atoms with Gasteiger partial charge in [0.15, 0.2) is 17.3 Å². The number of amides is 1. The first-order chi connectivity index (χ1) is 12.2. The van der Waals surface area contributed by atoms with Crippen LogP contribution < -0.4 is 14.8 Å². The largest absolute Gasteiger partial charge is 0.493 e. The maximum Gasteiger partial charge on any atom is 0.251 e. The van der Waals surface area contributed by atoms with Crippen molar-refractivity contribution in [2.45, 2.75) is 25.3 Å². The second-order valence-electron chi connectivity index (χ2n) is 6.39. The average Bonchev–Trinajstić information content (AvgIpc) is 3.02. The molecule has 2 aromatic rings. The van der Waals surface area contributed by atoms with Crippen molar-refractivity contribution in [2.75, 3.05) is 13.7 Å². The van der Waals surface area contributed by atoms with Gasteiger partial charge in [0.1, 0.15) is 6.61 Å². The molecule has 128 valence electrons. The monoisotopic (exact) mass is 337 g/mol. The minimum Gasteiger partial charge on any atom is -0.493 e. The van der Waals surface area contributed by atoms with E-state index in [1.165, 1.54) is 0 Å². The van der Waals surface area contributed by atoms with Crippen LogP contribution in [0.25, 0.3) is 0 Å². The van der Waals surface area contributed by atoms with Crippen LogP contribution in [-0.2, 0) is 12.8 Å². The number of carbonyl (C=O) groups is 2. The van der Waals surface area contributed by atoms with Crippen molar-refractivity contribution in [1.29, 1.82) is 0 Å². The molecule has 0 spiro atoms. The van der Waals surface area contributed by atoms with Gasteiger partial charge in [-0.3, -0.25) is 9.59 Å². The van der Waals surface area contributed by atoms with Gasteiger partial charge in [-0.1, -0.05) is 24.3 Å². The van der Waals surface area contributed by atoms with Crippen molar-refractivity contribution in [3.8, 4) is 11.5 Å². The Morgan fingerprint density at radius 3 is 2.88 bits per heavy atom. The molecule has 5 heteroatoms. The number of para-hydroxylation sites is 1. The van der Waals surface area contributed by atoms with Crippen LogP contribution in [-0.4, -0.2) is 31.4 Å². The zero-order valence-electron chi connectivity index (χ0n) is 14.0. The van der Waals surface area contributed by atoms with Gasteiger partial charge < -0.3 is 14.8 Å². The highest BCUT2D eigenvalue weighted by atomic mass is 16.5. The number of hydrogen-bond donors (Lipinski definition) is 1. The number of rotatable bonds is 3. The number of methoxy groups -OCH3 is 1. The normalized spacial score (nSPS) is 18.1. The standard InChI is InChI=1S/C20H19NO4/c1-24-18-7-2-4-12-10-13(11-25-19(12)18)21-20(23)16-6-3-5-15-14(16)8-9-17(15)22/h2-7,13H,8-11H2,1H3,(H,21,23)/t13-/m1/s1. The smallest absolute Gasteiger partial charge is 0.251 e. The number of carbonyl (C=O) groups excluding carboxylic acids is 2. The highest BCUT2D eigenvalue weighted by Crippen LogP contribution is 2.34. The number of ketones is 1. The molecule has 2 aromatic carbocycles. The molecule has 0 fully saturated rings. The number of fused-ring (bicyclic) bond motifs is 2. The van der Waals surface area contributed by atoms with Crippen molar-refractivity contribution in [3.05, 3.63) is 58.7 Å². The van der Waals surface area contributed by atoms with Crippen LogP contribution in [0.5, 0.6) is 11.5 Å². The van der Waals surface area contributed by atoms with Crippen LogP contribution in [0.1, 0.15) is 38.3 Å². The number of ether oxygens (including phenoxy) is 2. The van der Waals surface area contributed by atoms with Gasteiger partial charge in [-0.2, -0.15) is 0 Å². The number of hydrogen-bond acceptors (Lipinski definition) is 4. The van der Waals surface area contributed by atoms with Crippen molar-refractivity contribution in [2.24, 2.45) is 0 Å². The SMILES string of the molecule is COc1cccc2c1OC[C@H](NC(=O)c1cccc3c1CCC3=O)C2. The van der Waals surface area contributed by atoms with Crippen molar-refractivity contribution in [1.82, 2.24) is 5.32 Å². The number of benzene rings is 2. The first-order valence-corrected chi connectivity index (χ1v) is 8.42. The Bertz CT molecular complexity index is 859. The Hall–Kier alpha value is -2.82. The third-order valence-electron chi connectivity index (χ3n) is 4.83. The summed E-state index contributed by atoms with van der Waals surface area (Å²) in [5, 5.41) is 3.04. The van der Waals surface area contributed by atoms with Gasteiger partial charge in [-0.05, 0) is 30.5 Å². The van der Waals surface area contributed by atoms with E-state index in [0.717, 1.165) is 16.9 Å². The summed E-state index contributed by atoms with van der Waals surface area (Å²) in [5.41, 5.74) is 3.16. The second-order valence-corrected chi connectivity index (χ2v) is 6.39. The molecule has 5 nitrogen and oxygen atoms in total. The van der Waals surface area contributed by atoms with E-state index in [1.807, 2.05) is 18.2 Å². The van der Waals surface area contributed by atoms with E-state index in [0.29, 0.717) is 42.7 Å². The Balaban J connectivity index is 1.52. The fourth-order valence-corrected chi connectivity index (χ4v) is 3.61. The van der Waals surface area contributed by atoms with Crippen LogP contribution in [0, 0.1) is 0 Å². The summed E-state index contributed by atoms with van der Waals surface area (Å²) >= 11 is 0. The highest BCUT2D eigenvalue weighted by Gasteiger charge is 2.27. The summed E-state index contributed by atoms with van der Waals surface area (Å²) in [6, 6.07) is 11.0. The molecule has 0 bridgehead atoms. The minimum atomic E-state index is -0.147. The molecule has 25 heavy (non-hydrogen) atoms. The molecule has 0 unspecified atom stereocenters. The zero-order chi connectivity index (χ0) is 17.4. The lowest BCUT2D eigenvalue weighted by Gasteiger charge is -2.27. The maximum absolute atomic E-state index is 12.7. The third kappa shape index (κ3) is 2.76. The lowest BCUT2D eigenvalue weighted by atomic mass is 10.00. The fourth-order valence-electron chi connectivity index (χ4n) is 3.61. The van der Waals surface area contributed by atoms with Gasteiger partial charge >= 0.3 is 0 Å². The van der Waals surface area contributed by atoms with Crippen molar-refractivity contribution >= 4 is 11.7 Å². The topological polar surface area (TPSA) is 64.6 Å². The molecule has 1 heterocycles. The average molecular weight is 337 g/mol. The first-order valence-electron chi connectivity index (χ1n) is 8.42. The Morgan fingerprint density at radius 2 is 2.04 bits per heavy atom. The van der Waals surface area contributed by atoms with E-state index in [4.69, 9.17) is 9.47 Å². The number of Topliss-reactive ketones (excluding diaryl/α,β-unsaturated/α-hetero) is 1. The predicted octanol–water partition coefficient (Wildman–Crippen LogP) is 2.56. The third-order valence-corrected chi connectivity index (χ3v) is 4.83. The molecule has 0 saturated heterocycles. The lowest BCUT2D eigenvalue weighted by molar-refractivity contribution is 0.0913. The van der Waals surface area contributed by atoms with Crippen LogP contribution in [0.15, 0.2) is 36.4 Å². The van der Waals surface area contributed by atoms with Gasteiger partial charge in [0.25, 0.3) is 5.91 Å². The Labute approximate surface area is 145 Å². The summed E-state index contributed by atoms with van der Waals surface area (Å²) < 4.78 is 11.1. The molecule has 4 rings (SSSR count). The van der Waals surface area contributed by atoms with Gasteiger partial charge in [0.2, 0.25) is 0 Å². The Morgan fingerprint density at radius 1 is 1.20 bits per heavy atom. The molecule has 1 atom stereocenters. The van der Waals surface area contributed by atoms with Gasteiger partial charge in [-0.25, -0.2) is 0 Å². The molecule has 1 amide bonds. The van der Waals surface area contributed by atoms with Gasteiger partial charge in [0, 0.05) is 23.1 Å². The molecule has 1 aliphatic heterocycles. The fraction of sp³-hybridized carbons (Fsp3) is 0.300. The molecule has 1 N–H and O–H groups in total. The highest BCUT2D eigenvalue weighted by molar-refractivity contribution is 6.05. The maximum atomic E-state index is 12.7. The van der Waals surface area contributed by atoms with Gasteiger partial charge in [0.05, 0.1) is 13.2 Å². The summed E-state index contributed by atoms with van der Waals surface area (Å²) in [6.45, 7) is 0.396. The second kappa shape index (κ2) is 6.24. The summed E-state index contributed by atoms with van der Waals surface area (Å²) in [7, 11) is 1.62. The molecule has 0 saturated carbocycles. The van der Waals surface area contributed by atoms with Crippen LogP contribution in [0.3, 0.4) is 0 Å². The quantitative estimate of drug-likeness (QED) is 0.935. The van der Waals surface area contributed by atoms with Crippen LogP contribution in [0.4, 0.5) is 0 Å². The summed E-state index contributed by atoms with van der Waals surface area (Å²) in [6.07, 6.45) is 1.81. The van der Waals surface area contributed by atoms with E-state index in [1.54, 1.807) is 25.3 Å². The molecule has 2 aliphatic rings. The molecule has 1 aliphatic carbocycles. The van der Waals surface area contributed by atoms with Crippen molar-refractivity contribution < 1.29 is 19.1 Å². The summed E-state index contributed by atoms with van der Waals surface area (Å²) in [5.74, 6) is 1.43. The summed E-state index contributed by atoms with van der Waals surface area (Å²) in [4.78, 5) is 24.6. The van der Waals surface area contributed by atoms with E-state index in [9.17, 15) is 9.59 Å². The molecule has 0 aromatic heterocycles. The van der Waals surface area contributed by atoms with E-state index < -0.39 is 0 Å². The van der Waals surface area contributed by atoms with E-state index >= 15 is 0 Å². The first kappa shape index (κ1) is 15.7. The molecule has 0 radical (unpaired) electrons. The van der Waals surface area contributed by atoms with Crippen molar-refractivity contribution in [3.63, 3.8) is 0 Å². The van der Waals surface area contributed by atoms with E-state index in [-0.39, 0.29) is 17.7 Å². The molecular formula is C20H19NO4. The zero-order valence-corrected chi connectivity index (χ0v) is 14.0. The van der Waals surface area contributed by atoms with Crippen LogP contribution in [0.2, 0.25) is 0 Å². The van der Waals surface area contributed by atoms with E-state index in [2.05, 4.69) is 5.32 Å². The number of nitrogens with one attached hydrogen (secondary N) is 1. The molecular weight excluding hydrogens is 318 g/mol. The Kier molecular flexibility index (Phi) is 3.92. The lowest BCUT2D eigenvalue weighted by Crippen LogP contribution is -2.43. The van der Waals surface area contributed by atoms with Gasteiger partial charge in [-0.15, -0.1) is 0 Å². The predicted molar refractivity (Wildman–Crippen MR) is 92.5 cm³/mol. The van der Waals surface area contributed by atoms with Crippen LogP contribution >= 0.6 is 0 Å².